The van der Waals surface area contributed by atoms with E-state index < -0.39 is 29.6 Å². The van der Waals surface area contributed by atoms with E-state index in [0.717, 1.165) is 28.7 Å². The van der Waals surface area contributed by atoms with Crippen LogP contribution in [0.3, 0.4) is 0 Å². The third kappa shape index (κ3) is 4.43. The predicted molar refractivity (Wildman–Crippen MR) is 121 cm³/mol. The molecule has 2 aliphatic rings. The Balaban J connectivity index is 1.39. The lowest BCUT2D eigenvalue weighted by Gasteiger charge is -2.44. The smallest absolute Gasteiger partial charge is 0.407 e. The molecule has 1 unspecified atom stereocenters. The maximum atomic E-state index is 12.8. The van der Waals surface area contributed by atoms with Crippen LogP contribution in [0.2, 0.25) is 0 Å². The SMILES string of the molecule is CCCCC(NC(=O)OCC1c2ccccc2-c2ccccc21)C(=O)N1CC(O)(C(=O)O)C1. The van der Waals surface area contributed by atoms with Gasteiger partial charge in [-0.15, -0.1) is 0 Å². The largest absolute Gasteiger partial charge is 0.479 e. The molecular weight excluding hydrogens is 424 g/mol. The molecule has 1 fully saturated rings. The molecule has 174 valence electrons. The zero-order valence-electron chi connectivity index (χ0n) is 18.5. The molecule has 2 aromatic rings. The second-order valence-corrected chi connectivity index (χ2v) is 8.70. The van der Waals surface area contributed by atoms with E-state index in [1.165, 1.54) is 4.90 Å². The maximum absolute atomic E-state index is 12.8. The fourth-order valence-corrected chi connectivity index (χ4v) is 4.54. The Morgan fingerprint density at radius 3 is 2.21 bits per heavy atom. The minimum Gasteiger partial charge on any atom is -0.479 e. The molecule has 1 heterocycles. The number of benzene rings is 2. The van der Waals surface area contributed by atoms with Crippen molar-refractivity contribution >= 4 is 18.0 Å². The van der Waals surface area contributed by atoms with E-state index in [1.54, 1.807) is 0 Å². The van der Waals surface area contributed by atoms with Crippen LogP contribution in [0.4, 0.5) is 4.79 Å². The van der Waals surface area contributed by atoms with Crippen molar-refractivity contribution in [3.05, 3.63) is 59.7 Å². The number of alkyl carbamates (subject to hydrolysis) is 1. The minimum absolute atomic E-state index is 0.0890. The molecule has 2 amide bonds. The number of hydrogen-bond donors (Lipinski definition) is 3. The summed E-state index contributed by atoms with van der Waals surface area (Å²) in [6.07, 6.45) is 1.24. The van der Waals surface area contributed by atoms with Crippen molar-refractivity contribution in [3.63, 3.8) is 0 Å². The Hall–Kier alpha value is -3.39. The van der Waals surface area contributed by atoms with Gasteiger partial charge in [-0.25, -0.2) is 9.59 Å². The van der Waals surface area contributed by atoms with Gasteiger partial charge in [0.2, 0.25) is 5.91 Å². The Bertz CT molecular complexity index is 1020. The van der Waals surface area contributed by atoms with Gasteiger partial charge in [-0.3, -0.25) is 4.79 Å². The summed E-state index contributed by atoms with van der Waals surface area (Å²) in [6.45, 7) is 1.52. The molecule has 0 aromatic heterocycles. The number of carboxylic acid groups (broad SMARTS) is 1. The second kappa shape index (κ2) is 9.23. The molecule has 33 heavy (non-hydrogen) atoms. The number of unbranched alkanes of at least 4 members (excludes halogenated alkanes) is 1. The molecule has 0 radical (unpaired) electrons. The Labute approximate surface area is 192 Å². The van der Waals surface area contributed by atoms with Crippen LogP contribution in [-0.4, -0.2) is 64.4 Å². The summed E-state index contributed by atoms with van der Waals surface area (Å²) in [5.41, 5.74) is 2.52. The van der Waals surface area contributed by atoms with Crippen LogP contribution >= 0.6 is 0 Å². The zero-order chi connectivity index (χ0) is 23.6. The molecule has 8 nitrogen and oxygen atoms in total. The van der Waals surface area contributed by atoms with E-state index in [4.69, 9.17) is 9.84 Å². The zero-order valence-corrected chi connectivity index (χ0v) is 18.5. The van der Waals surface area contributed by atoms with Crippen LogP contribution in [0, 0.1) is 0 Å². The first kappa shape index (κ1) is 22.8. The molecule has 1 saturated heterocycles. The summed E-state index contributed by atoms with van der Waals surface area (Å²) in [4.78, 5) is 37.8. The van der Waals surface area contributed by atoms with E-state index in [9.17, 15) is 19.5 Å². The molecule has 0 spiro atoms. The van der Waals surface area contributed by atoms with E-state index >= 15 is 0 Å². The average molecular weight is 453 g/mol. The Kier molecular flexibility index (Phi) is 6.37. The number of likely N-dealkylation sites (tertiary alicyclic amines) is 1. The lowest BCUT2D eigenvalue weighted by molar-refractivity contribution is -0.182. The van der Waals surface area contributed by atoms with Gasteiger partial charge < -0.3 is 25.2 Å². The van der Waals surface area contributed by atoms with Gasteiger partial charge in [0, 0.05) is 5.92 Å². The van der Waals surface area contributed by atoms with E-state index in [1.807, 2.05) is 43.3 Å². The number of nitrogens with zero attached hydrogens (tertiary/aromatic N) is 1. The lowest BCUT2D eigenvalue weighted by Crippen LogP contribution is -2.69. The second-order valence-electron chi connectivity index (χ2n) is 8.70. The molecule has 0 bridgehead atoms. The highest BCUT2D eigenvalue weighted by Crippen LogP contribution is 2.44. The van der Waals surface area contributed by atoms with Gasteiger partial charge in [-0.1, -0.05) is 68.3 Å². The minimum atomic E-state index is -1.92. The van der Waals surface area contributed by atoms with Crippen molar-refractivity contribution in [2.45, 2.75) is 43.7 Å². The number of carbonyl (C=O) groups is 3. The predicted octanol–water partition coefficient (Wildman–Crippen LogP) is 2.74. The number of β-amino-alcohol motifs (C(OH)–C–C–N with tert-alkyl or cyclic N) is 1. The molecule has 1 aliphatic heterocycles. The number of carboxylic acids is 1. The molecule has 8 heteroatoms. The molecule has 0 saturated carbocycles. The fourth-order valence-electron chi connectivity index (χ4n) is 4.54. The van der Waals surface area contributed by atoms with E-state index in [-0.39, 0.29) is 25.6 Å². The number of aliphatic hydroxyl groups is 1. The van der Waals surface area contributed by atoms with Crippen LogP contribution in [-0.2, 0) is 14.3 Å². The highest BCUT2D eigenvalue weighted by molar-refractivity contribution is 5.89. The van der Waals surface area contributed by atoms with E-state index in [2.05, 4.69) is 17.4 Å². The number of aliphatic carboxylic acids is 1. The first-order valence-electron chi connectivity index (χ1n) is 11.2. The molecule has 2 aromatic carbocycles. The fraction of sp³-hybridized carbons (Fsp3) is 0.400. The van der Waals surface area contributed by atoms with Gasteiger partial charge in [0.15, 0.2) is 5.60 Å². The normalized spacial score (nSPS) is 16.8. The number of rotatable bonds is 8. The molecule has 1 aliphatic carbocycles. The Morgan fingerprint density at radius 1 is 1.09 bits per heavy atom. The molecular formula is C25H28N2O6. The quantitative estimate of drug-likeness (QED) is 0.567. The number of fused-ring (bicyclic) bond motifs is 3. The maximum Gasteiger partial charge on any atom is 0.407 e. The van der Waals surface area contributed by atoms with Crippen molar-refractivity contribution in [3.8, 4) is 11.1 Å². The van der Waals surface area contributed by atoms with Gasteiger partial charge >= 0.3 is 12.1 Å². The van der Waals surface area contributed by atoms with Crippen molar-refractivity contribution in [1.29, 1.82) is 0 Å². The van der Waals surface area contributed by atoms with Crippen LogP contribution in [0.1, 0.15) is 43.2 Å². The highest BCUT2D eigenvalue weighted by atomic mass is 16.5. The average Bonchev–Trinajstić information content (AvgIpc) is 3.11. The third-order valence-electron chi connectivity index (χ3n) is 6.39. The number of ether oxygens (including phenoxy) is 1. The van der Waals surface area contributed by atoms with E-state index in [0.29, 0.717) is 12.8 Å². The lowest BCUT2D eigenvalue weighted by atomic mass is 9.93. The Morgan fingerprint density at radius 2 is 1.67 bits per heavy atom. The van der Waals surface area contributed by atoms with Crippen molar-refractivity contribution in [1.82, 2.24) is 10.2 Å². The number of hydrogen-bond acceptors (Lipinski definition) is 5. The van der Waals surface area contributed by atoms with Crippen LogP contribution in [0.25, 0.3) is 11.1 Å². The highest BCUT2D eigenvalue weighted by Gasteiger charge is 2.51. The van der Waals surface area contributed by atoms with Crippen LogP contribution in [0.15, 0.2) is 48.5 Å². The van der Waals surface area contributed by atoms with Crippen molar-refractivity contribution in [2.24, 2.45) is 0 Å². The first-order valence-corrected chi connectivity index (χ1v) is 11.2. The number of carbonyl (C=O) groups excluding carboxylic acids is 2. The van der Waals surface area contributed by atoms with Crippen LogP contribution in [0.5, 0.6) is 0 Å². The summed E-state index contributed by atoms with van der Waals surface area (Å²) in [7, 11) is 0. The van der Waals surface area contributed by atoms with Gasteiger partial charge in [0.1, 0.15) is 12.6 Å². The number of amides is 2. The van der Waals surface area contributed by atoms with Gasteiger partial charge in [-0.2, -0.15) is 0 Å². The first-order chi connectivity index (χ1) is 15.8. The van der Waals surface area contributed by atoms with Gasteiger partial charge in [-0.05, 0) is 28.7 Å². The summed E-state index contributed by atoms with van der Waals surface area (Å²) < 4.78 is 5.55. The number of nitrogens with one attached hydrogen (secondary N) is 1. The molecule has 3 N–H and O–H groups in total. The summed E-state index contributed by atoms with van der Waals surface area (Å²) >= 11 is 0. The monoisotopic (exact) mass is 452 g/mol. The van der Waals surface area contributed by atoms with Gasteiger partial charge in [0.05, 0.1) is 13.1 Å². The summed E-state index contributed by atoms with van der Waals surface area (Å²) in [5.74, 6) is -1.86. The molecule has 1 atom stereocenters. The van der Waals surface area contributed by atoms with Crippen LogP contribution < -0.4 is 5.32 Å². The van der Waals surface area contributed by atoms with Crippen molar-refractivity contribution < 1.29 is 29.3 Å². The van der Waals surface area contributed by atoms with Crippen molar-refractivity contribution in [2.75, 3.05) is 19.7 Å². The van der Waals surface area contributed by atoms with Gasteiger partial charge in [0.25, 0.3) is 0 Å². The summed E-state index contributed by atoms with van der Waals surface area (Å²) in [6, 6.07) is 15.2. The molecule has 4 rings (SSSR count). The standard InChI is InChI=1S/C25H28N2O6/c1-2-3-12-21(22(28)27-14-25(32,15-27)23(29)30)26-24(31)33-13-20-18-10-6-4-8-16(18)17-9-5-7-11-19(17)20/h4-11,20-21,32H,2-3,12-15H2,1H3,(H,26,31)(H,29,30). The summed E-state index contributed by atoms with van der Waals surface area (Å²) in [5, 5.41) is 21.6. The topological polar surface area (TPSA) is 116 Å². The third-order valence-corrected chi connectivity index (χ3v) is 6.39.